The van der Waals surface area contributed by atoms with Crippen LogP contribution in [0.4, 0.5) is 5.82 Å². The number of hydrogen-bond donors (Lipinski definition) is 2. The summed E-state index contributed by atoms with van der Waals surface area (Å²) in [4.78, 5) is 10.6. The third-order valence-corrected chi connectivity index (χ3v) is 4.49. The monoisotopic (exact) mass is 306 g/mol. The van der Waals surface area contributed by atoms with E-state index in [9.17, 15) is 0 Å². The molecule has 2 aromatic rings. The highest BCUT2D eigenvalue weighted by Crippen LogP contribution is 2.25. The van der Waals surface area contributed by atoms with E-state index in [2.05, 4.69) is 29.1 Å². The fraction of sp³-hybridized carbons (Fsp3) is 0.357. The van der Waals surface area contributed by atoms with Crippen molar-refractivity contribution in [3.63, 3.8) is 0 Å². The Hall–Kier alpha value is -1.53. The molecular formula is C14H18N4S2. The van der Waals surface area contributed by atoms with Crippen LogP contribution in [-0.2, 0) is 6.42 Å². The lowest BCUT2D eigenvalue weighted by Gasteiger charge is -2.15. The van der Waals surface area contributed by atoms with Crippen LogP contribution >= 0.6 is 23.6 Å². The molecule has 3 N–H and O–H groups in total. The van der Waals surface area contributed by atoms with Crippen molar-refractivity contribution in [2.75, 3.05) is 5.32 Å². The van der Waals surface area contributed by atoms with Crippen LogP contribution in [0, 0.1) is 6.92 Å². The first kappa shape index (κ1) is 14.9. The molecule has 0 aliphatic carbocycles. The molecule has 0 aromatic carbocycles. The first-order valence-corrected chi connectivity index (χ1v) is 7.72. The Balaban J connectivity index is 2.24. The van der Waals surface area contributed by atoms with Gasteiger partial charge in [-0.05, 0) is 32.4 Å². The van der Waals surface area contributed by atoms with Crippen LogP contribution in [0.15, 0.2) is 18.3 Å². The summed E-state index contributed by atoms with van der Waals surface area (Å²) in [7, 11) is 0. The Morgan fingerprint density at radius 2 is 2.25 bits per heavy atom. The molecule has 4 nitrogen and oxygen atoms in total. The number of pyridine rings is 1. The summed E-state index contributed by atoms with van der Waals surface area (Å²) in [6, 6.07) is 3.88. The largest absolute Gasteiger partial charge is 0.389 e. The lowest BCUT2D eigenvalue weighted by atomic mass is 10.2. The maximum absolute atomic E-state index is 5.74. The second kappa shape index (κ2) is 6.28. The van der Waals surface area contributed by atoms with Crippen molar-refractivity contribution < 1.29 is 0 Å². The van der Waals surface area contributed by atoms with Gasteiger partial charge < -0.3 is 11.1 Å². The average Bonchev–Trinajstić information content (AvgIpc) is 2.87. The summed E-state index contributed by atoms with van der Waals surface area (Å²) < 4.78 is 0. The first-order valence-electron chi connectivity index (χ1n) is 6.49. The Labute approximate surface area is 128 Å². The highest BCUT2D eigenvalue weighted by atomic mass is 32.1. The van der Waals surface area contributed by atoms with Crippen molar-refractivity contribution in [2.24, 2.45) is 5.73 Å². The summed E-state index contributed by atoms with van der Waals surface area (Å²) >= 11 is 6.78. The van der Waals surface area contributed by atoms with Gasteiger partial charge in [0.2, 0.25) is 0 Å². The molecule has 0 aliphatic heterocycles. The smallest absolute Gasteiger partial charge is 0.137 e. The molecule has 0 aliphatic rings. The van der Waals surface area contributed by atoms with Crippen molar-refractivity contribution in [3.05, 3.63) is 39.5 Å². The van der Waals surface area contributed by atoms with Crippen LogP contribution in [0.25, 0.3) is 0 Å². The van der Waals surface area contributed by atoms with Gasteiger partial charge in [-0.2, -0.15) is 0 Å². The van der Waals surface area contributed by atoms with Crippen LogP contribution in [0.1, 0.15) is 41.0 Å². The van der Waals surface area contributed by atoms with Gasteiger partial charge in [-0.15, -0.1) is 11.3 Å². The second-order valence-corrected chi connectivity index (χ2v) is 6.18. The van der Waals surface area contributed by atoms with Gasteiger partial charge in [-0.1, -0.05) is 19.1 Å². The van der Waals surface area contributed by atoms with Crippen molar-refractivity contribution in [1.82, 2.24) is 9.97 Å². The number of rotatable bonds is 5. The zero-order valence-corrected chi connectivity index (χ0v) is 13.4. The Morgan fingerprint density at radius 1 is 1.50 bits per heavy atom. The van der Waals surface area contributed by atoms with Gasteiger partial charge in [0.15, 0.2) is 0 Å². The van der Waals surface area contributed by atoms with Crippen LogP contribution in [0.3, 0.4) is 0 Å². The molecule has 1 atom stereocenters. The number of nitrogens with two attached hydrogens (primary N) is 1. The highest BCUT2D eigenvalue weighted by Gasteiger charge is 2.14. The lowest BCUT2D eigenvalue weighted by Crippen LogP contribution is -2.16. The average molecular weight is 306 g/mol. The maximum Gasteiger partial charge on any atom is 0.137 e. The number of thiazole rings is 1. The van der Waals surface area contributed by atoms with Gasteiger partial charge >= 0.3 is 0 Å². The van der Waals surface area contributed by atoms with E-state index in [0.29, 0.717) is 4.99 Å². The molecule has 2 aromatic heterocycles. The number of hydrogen-bond acceptors (Lipinski definition) is 5. The zero-order valence-electron chi connectivity index (χ0n) is 11.8. The van der Waals surface area contributed by atoms with E-state index in [-0.39, 0.29) is 6.04 Å². The number of anilines is 1. The summed E-state index contributed by atoms with van der Waals surface area (Å²) in [6.45, 7) is 6.13. The Kier molecular flexibility index (Phi) is 4.67. The molecule has 106 valence electrons. The molecule has 1 unspecified atom stereocenters. The van der Waals surface area contributed by atoms with E-state index in [1.165, 1.54) is 4.88 Å². The van der Waals surface area contributed by atoms with Crippen LogP contribution in [-0.4, -0.2) is 15.0 Å². The third-order valence-electron chi connectivity index (χ3n) is 2.94. The SMILES string of the molecule is CCc1cnc(C(C)Nc2nc(C)ccc2C(N)=S)s1. The van der Waals surface area contributed by atoms with Gasteiger partial charge in [0, 0.05) is 16.8 Å². The normalized spacial score (nSPS) is 12.2. The summed E-state index contributed by atoms with van der Waals surface area (Å²) in [5.41, 5.74) is 7.44. The fourth-order valence-corrected chi connectivity index (χ4v) is 2.84. The molecule has 0 fully saturated rings. The molecule has 2 heterocycles. The van der Waals surface area contributed by atoms with Gasteiger partial charge in [0.25, 0.3) is 0 Å². The minimum absolute atomic E-state index is 0.0719. The van der Waals surface area contributed by atoms with Crippen molar-refractivity contribution >= 4 is 34.4 Å². The first-order chi connectivity index (χ1) is 9.51. The summed E-state index contributed by atoms with van der Waals surface area (Å²) in [6.07, 6.45) is 2.93. The van der Waals surface area contributed by atoms with Crippen molar-refractivity contribution in [2.45, 2.75) is 33.2 Å². The predicted octanol–water partition coefficient (Wildman–Crippen LogP) is 3.22. The van der Waals surface area contributed by atoms with Gasteiger partial charge in [0.1, 0.15) is 15.8 Å². The minimum atomic E-state index is 0.0719. The molecule has 0 saturated heterocycles. The van der Waals surface area contributed by atoms with E-state index in [0.717, 1.165) is 28.5 Å². The maximum atomic E-state index is 5.74. The number of aryl methyl sites for hydroxylation is 2. The quantitative estimate of drug-likeness (QED) is 0.830. The minimum Gasteiger partial charge on any atom is -0.389 e. The van der Waals surface area contributed by atoms with E-state index in [4.69, 9.17) is 18.0 Å². The molecule has 0 saturated carbocycles. The van der Waals surface area contributed by atoms with Gasteiger partial charge in [-0.25, -0.2) is 9.97 Å². The van der Waals surface area contributed by atoms with E-state index in [1.807, 2.05) is 25.3 Å². The fourth-order valence-electron chi connectivity index (χ4n) is 1.82. The number of thiocarbonyl (C=S) groups is 1. The van der Waals surface area contributed by atoms with Gasteiger partial charge in [-0.3, -0.25) is 0 Å². The molecule has 2 rings (SSSR count). The number of nitrogens with one attached hydrogen (secondary N) is 1. The molecule has 0 bridgehead atoms. The predicted molar refractivity (Wildman–Crippen MR) is 88.4 cm³/mol. The van der Waals surface area contributed by atoms with E-state index >= 15 is 0 Å². The van der Waals surface area contributed by atoms with Crippen molar-refractivity contribution in [1.29, 1.82) is 0 Å². The summed E-state index contributed by atoms with van der Waals surface area (Å²) in [5.74, 6) is 0.721. The topological polar surface area (TPSA) is 63.8 Å². The molecule has 0 amide bonds. The third kappa shape index (κ3) is 3.32. The lowest BCUT2D eigenvalue weighted by molar-refractivity contribution is 0.858. The Bertz CT molecular complexity index is 621. The molecule has 0 radical (unpaired) electrons. The molecule has 0 spiro atoms. The summed E-state index contributed by atoms with van der Waals surface area (Å²) in [5, 5.41) is 4.40. The van der Waals surface area contributed by atoms with E-state index in [1.54, 1.807) is 11.3 Å². The standard InChI is InChI=1S/C14H18N4S2/c1-4-10-7-16-14(20-10)9(3)18-13-11(12(15)19)6-5-8(2)17-13/h5-7,9H,4H2,1-3H3,(H2,15,19)(H,17,18). The molecule has 20 heavy (non-hydrogen) atoms. The van der Waals surface area contributed by atoms with Gasteiger partial charge in [0.05, 0.1) is 11.6 Å². The van der Waals surface area contributed by atoms with Crippen LogP contribution in [0.5, 0.6) is 0 Å². The van der Waals surface area contributed by atoms with Crippen LogP contribution in [0.2, 0.25) is 0 Å². The van der Waals surface area contributed by atoms with Crippen LogP contribution < -0.4 is 11.1 Å². The van der Waals surface area contributed by atoms with Crippen molar-refractivity contribution in [3.8, 4) is 0 Å². The number of nitrogens with zero attached hydrogens (tertiary/aromatic N) is 2. The zero-order chi connectivity index (χ0) is 14.7. The second-order valence-electron chi connectivity index (χ2n) is 4.60. The molecular weight excluding hydrogens is 288 g/mol. The van der Waals surface area contributed by atoms with E-state index < -0.39 is 0 Å². The Morgan fingerprint density at radius 3 is 2.85 bits per heavy atom. The highest BCUT2D eigenvalue weighted by molar-refractivity contribution is 7.80. The number of aromatic nitrogens is 2. The molecule has 6 heteroatoms.